The average Bonchev–Trinajstić information content (AvgIpc) is 2.40. The first-order chi connectivity index (χ1) is 5.83. The Labute approximate surface area is 73.8 Å². The van der Waals surface area contributed by atoms with Gasteiger partial charge in [-0.1, -0.05) is 12.1 Å². The highest BCUT2D eigenvalue weighted by atomic mass is 32.2. The predicted molar refractivity (Wildman–Crippen MR) is 48.6 cm³/mol. The van der Waals surface area contributed by atoms with Gasteiger partial charge in [-0.25, -0.2) is 8.96 Å². The third-order valence-electron chi connectivity index (χ3n) is 1.75. The number of benzene rings is 1. The van der Waals surface area contributed by atoms with Gasteiger partial charge in [0, 0.05) is 0 Å². The molecule has 2 aromatic rings. The largest absolute Gasteiger partial charge is 0.242 e. The van der Waals surface area contributed by atoms with Gasteiger partial charge < -0.3 is 0 Å². The van der Waals surface area contributed by atoms with Crippen LogP contribution in [0.2, 0.25) is 0 Å². The van der Waals surface area contributed by atoms with Crippen molar-refractivity contribution in [2.24, 2.45) is 0 Å². The zero-order chi connectivity index (χ0) is 8.55. The molecule has 0 radical (unpaired) electrons. The fraction of sp³-hybridized carbons (Fsp3) is 0.125. The Bertz CT molecular complexity index is 410. The molecule has 4 heteroatoms. The summed E-state index contributed by atoms with van der Waals surface area (Å²) in [6.07, 6.45) is 0. The molecule has 2 nitrogen and oxygen atoms in total. The number of para-hydroxylation sites is 2. The van der Waals surface area contributed by atoms with Crippen LogP contribution in [0.1, 0.15) is 5.82 Å². The van der Waals surface area contributed by atoms with E-state index >= 15 is 0 Å². The van der Waals surface area contributed by atoms with Crippen LogP contribution in [0.25, 0.3) is 11.0 Å². The molecule has 1 aromatic carbocycles. The fourth-order valence-corrected chi connectivity index (χ4v) is 1.58. The van der Waals surface area contributed by atoms with Gasteiger partial charge >= 0.3 is 0 Å². The summed E-state index contributed by atoms with van der Waals surface area (Å²) in [6, 6.07) is 7.48. The summed E-state index contributed by atoms with van der Waals surface area (Å²) in [4.78, 5) is 4.19. The zero-order valence-electron chi connectivity index (χ0n) is 6.49. The maximum Gasteiger partial charge on any atom is 0.171 e. The highest BCUT2D eigenvalue weighted by molar-refractivity contribution is 7.92. The van der Waals surface area contributed by atoms with Crippen LogP contribution in [0.15, 0.2) is 24.3 Å². The average molecular weight is 182 g/mol. The van der Waals surface area contributed by atoms with Gasteiger partial charge in [-0.15, -0.1) is 3.89 Å². The van der Waals surface area contributed by atoms with Crippen molar-refractivity contribution in [2.75, 3.05) is 0 Å². The van der Waals surface area contributed by atoms with E-state index in [4.69, 9.17) is 0 Å². The van der Waals surface area contributed by atoms with Gasteiger partial charge in [0.25, 0.3) is 0 Å². The van der Waals surface area contributed by atoms with E-state index in [1.807, 2.05) is 24.3 Å². The fourth-order valence-electron chi connectivity index (χ4n) is 1.21. The lowest BCUT2D eigenvalue weighted by molar-refractivity contribution is 0.911. The van der Waals surface area contributed by atoms with Gasteiger partial charge in [0.05, 0.1) is 11.0 Å². The normalized spacial score (nSPS) is 10.8. The molecule has 1 aromatic heterocycles. The van der Waals surface area contributed by atoms with Gasteiger partial charge in [0.15, 0.2) is 12.3 Å². The topological polar surface area (TPSA) is 17.8 Å². The van der Waals surface area contributed by atoms with Gasteiger partial charge in [-0.3, -0.25) is 0 Å². The van der Waals surface area contributed by atoms with Gasteiger partial charge in [0.2, 0.25) is 0 Å². The molecule has 0 bridgehead atoms. The molecule has 0 atom stereocenters. The van der Waals surface area contributed by atoms with Crippen molar-refractivity contribution in [1.82, 2.24) is 8.96 Å². The van der Waals surface area contributed by atoms with E-state index in [9.17, 15) is 3.89 Å². The summed E-state index contributed by atoms with van der Waals surface area (Å²) in [7, 11) is 0. The van der Waals surface area contributed by atoms with Gasteiger partial charge in [0.1, 0.15) is 5.82 Å². The number of aromatic nitrogens is 2. The number of hydrogen-bond donors (Lipinski definition) is 0. The number of rotatable bonds is 1. The number of halogens is 1. The van der Waals surface area contributed by atoms with E-state index < -0.39 is 0 Å². The van der Waals surface area contributed by atoms with Crippen LogP contribution in [-0.2, 0) is 0 Å². The number of fused-ring (bicyclic) bond motifs is 1. The van der Waals surface area contributed by atoms with E-state index in [-0.39, 0.29) is 12.3 Å². The van der Waals surface area contributed by atoms with E-state index in [2.05, 4.69) is 4.98 Å². The number of hydrogen-bond acceptors (Lipinski definition) is 2. The van der Waals surface area contributed by atoms with Crippen molar-refractivity contribution < 1.29 is 3.89 Å². The third-order valence-corrected chi connectivity index (χ3v) is 2.34. The minimum absolute atomic E-state index is 0.186. The van der Waals surface area contributed by atoms with Gasteiger partial charge in [-0.2, -0.15) is 0 Å². The van der Waals surface area contributed by atoms with Crippen molar-refractivity contribution >= 4 is 23.4 Å². The quantitative estimate of drug-likeness (QED) is 0.674. The van der Waals surface area contributed by atoms with Crippen LogP contribution in [0.5, 0.6) is 0 Å². The Balaban J connectivity index is 2.81. The van der Waals surface area contributed by atoms with E-state index in [1.54, 1.807) is 6.92 Å². The summed E-state index contributed by atoms with van der Waals surface area (Å²) >= 11 is 0.186. The third kappa shape index (κ3) is 0.992. The second-order valence-electron chi connectivity index (χ2n) is 2.51. The van der Waals surface area contributed by atoms with Crippen LogP contribution in [-0.4, -0.2) is 8.96 Å². The lowest BCUT2D eigenvalue weighted by atomic mass is 10.3. The molecular formula is C8H7FN2S. The minimum atomic E-state index is 0.186. The Morgan fingerprint density at radius 2 is 2.17 bits per heavy atom. The Kier molecular flexibility index (Phi) is 1.77. The van der Waals surface area contributed by atoms with Crippen molar-refractivity contribution in [1.29, 1.82) is 0 Å². The molecule has 0 saturated heterocycles. The first kappa shape index (κ1) is 7.61. The molecule has 2 rings (SSSR count). The lowest BCUT2D eigenvalue weighted by Crippen LogP contribution is -1.85. The molecule has 12 heavy (non-hydrogen) atoms. The van der Waals surface area contributed by atoms with Crippen LogP contribution in [0.3, 0.4) is 0 Å². The van der Waals surface area contributed by atoms with E-state index in [0.717, 1.165) is 11.0 Å². The molecule has 0 amide bonds. The second-order valence-corrected chi connectivity index (χ2v) is 3.01. The summed E-state index contributed by atoms with van der Waals surface area (Å²) in [5.41, 5.74) is 1.66. The minimum Gasteiger partial charge on any atom is -0.242 e. The molecule has 0 saturated carbocycles. The van der Waals surface area contributed by atoms with Crippen molar-refractivity contribution in [3.8, 4) is 0 Å². The first-order valence-electron chi connectivity index (χ1n) is 3.56. The van der Waals surface area contributed by atoms with Crippen LogP contribution < -0.4 is 0 Å². The second kappa shape index (κ2) is 2.79. The van der Waals surface area contributed by atoms with Crippen LogP contribution in [0, 0.1) is 6.92 Å². The first-order valence-corrected chi connectivity index (χ1v) is 4.23. The smallest absolute Gasteiger partial charge is 0.171 e. The van der Waals surface area contributed by atoms with E-state index in [1.165, 1.54) is 3.97 Å². The summed E-state index contributed by atoms with van der Waals surface area (Å²) < 4.78 is 13.9. The molecule has 62 valence electrons. The van der Waals surface area contributed by atoms with Crippen LogP contribution in [0.4, 0.5) is 3.89 Å². The summed E-state index contributed by atoms with van der Waals surface area (Å²) in [5, 5.41) is 0. The predicted octanol–water partition coefficient (Wildman–Crippen LogP) is 2.73. The maximum absolute atomic E-state index is 12.4. The Hall–Kier alpha value is -1.03. The number of aryl methyl sites for hydroxylation is 1. The van der Waals surface area contributed by atoms with Crippen molar-refractivity contribution in [3.63, 3.8) is 0 Å². The standard InChI is InChI=1S/C8H7FN2S/c1-6-10-7-4-2-3-5-8(7)11(6)12-9/h2-5H,1H3. The molecule has 0 aliphatic heterocycles. The van der Waals surface area contributed by atoms with Crippen molar-refractivity contribution in [3.05, 3.63) is 30.1 Å². The lowest BCUT2D eigenvalue weighted by Gasteiger charge is -1.94. The number of nitrogens with zero attached hydrogens (tertiary/aromatic N) is 2. The maximum atomic E-state index is 12.4. The van der Waals surface area contributed by atoms with Crippen LogP contribution >= 0.6 is 12.3 Å². The molecule has 0 spiro atoms. The molecule has 0 aliphatic rings. The zero-order valence-corrected chi connectivity index (χ0v) is 7.31. The highest BCUT2D eigenvalue weighted by Gasteiger charge is 2.05. The van der Waals surface area contributed by atoms with Gasteiger partial charge in [-0.05, 0) is 19.1 Å². The SMILES string of the molecule is Cc1nc2ccccc2n1SF. The summed E-state index contributed by atoms with van der Waals surface area (Å²) in [6.45, 7) is 1.78. The molecular weight excluding hydrogens is 175 g/mol. The monoisotopic (exact) mass is 182 g/mol. The molecule has 1 heterocycles. The Morgan fingerprint density at radius 1 is 1.42 bits per heavy atom. The molecule has 0 fully saturated rings. The van der Waals surface area contributed by atoms with Crippen molar-refractivity contribution in [2.45, 2.75) is 6.92 Å². The Morgan fingerprint density at radius 3 is 2.92 bits per heavy atom. The van der Waals surface area contributed by atoms with E-state index in [0.29, 0.717) is 5.82 Å². The summed E-state index contributed by atoms with van der Waals surface area (Å²) in [5.74, 6) is 0.684. The molecule has 0 N–H and O–H groups in total. The molecule has 0 unspecified atom stereocenters. The number of imidazole rings is 1. The molecule has 0 aliphatic carbocycles. The highest BCUT2D eigenvalue weighted by Crippen LogP contribution is 2.21.